The Hall–Kier alpha value is -4.26. The van der Waals surface area contributed by atoms with Gasteiger partial charge < -0.3 is 9.26 Å². The maximum absolute atomic E-state index is 13.1. The highest BCUT2D eigenvalue weighted by atomic mass is 16.5. The fourth-order valence-electron chi connectivity index (χ4n) is 3.68. The van der Waals surface area contributed by atoms with Crippen LogP contribution in [0.1, 0.15) is 11.5 Å². The lowest BCUT2D eigenvalue weighted by atomic mass is 10.0. The van der Waals surface area contributed by atoms with Crippen molar-refractivity contribution in [2.24, 2.45) is 0 Å². The lowest BCUT2D eigenvalue weighted by molar-refractivity contribution is 0.364. The van der Waals surface area contributed by atoms with Crippen molar-refractivity contribution in [2.75, 3.05) is 7.11 Å². The van der Waals surface area contributed by atoms with Crippen molar-refractivity contribution >= 4 is 10.8 Å². The van der Waals surface area contributed by atoms with Crippen LogP contribution in [0.4, 0.5) is 0 Å². The number of methoxy groups -OCH3 is 1. The Kier molecular flexibility index (Phi) is 4.99. The molecule has 0 unspecified atom stereocenters. The van der Waals surface area contributed by atoms with E-state index in [2.05, 4.69) is 15.2 Å². The number of fused-ring (bicyclic) bond motifs is 1. The summed E-state index contributed by atoms with van der Waals surface area (Å²) in [5, 5.41) is 10.1. The van der Waals surface area contributed by atoms with Gasteiger partial charge in [0.25, 0.3) is 5.56 Å². The first-order valence-electron chi connectivity index (χ1n) is 10.2. The normalized spacial score (nSPS) is 11.1. The number of benzene rings is 3. The summed E-state index contributed by atoms with van der Waals surface area (Å²) < 4.78 is 12.1. The summed E-state index contributed by atoms with van der Waals surface area (Å²) in [4.78, 5) is 17.6. The lowest BCUT2D eigenvalue weighted by Crippen LogP contribution is -2.24. The third-order valence-electron chi connectivity index (χ3n) is 5.37. The van der Waals surface area contributed by atoms with E-state index in [4.69, 9.17) is 9.26 Å². The van der Waals surface area contributed by atoms with Crippen LogP contribution in [0.5, 0.6) is 5.75 Å². The maximum Gasteiger partial charge on any atom is 0.275 e. The van der Waals surface area contributed by atoms with Crippen LogP contribution in [0.15, 0.2) is 82.1 Å². The van der Waals surface area contributed by atoms with Gasteiger partial charge in [0.1, 0.15) is 12.3 Å². The molecular weight excluding hydrogens is 404 g/mol. The molecule has 158 valence electrons. The predicted molar refractivity (Wildman–Crippen MR) is 122 cm³/mol. The van der Waals surface area contributed by atoms with Crippen molar-refractivity contribution in [3.8, 4) is 28.4 Å². The molecule has 0 saturated heterocycles. The molecule has 5 rings (SSSR count). The van der Waals surface area contributed by atoms with Gasteiger partial charge in [0, 0.05) is 16.5 Å². The van der Waals surface area contributed by atoms with Gasteiger partial charge in [0.2, 0.25) is 11.7 Å². The van der Waals surface area contributed by atoms with E-state index in [0.29, 0.717) is 22.8 Å². The highest BCUT2D eigenvalue weighted by Gasteiger charge is 2.16. The molecule has 2 aromatic heterocycles. The second-order valence-electron chi connectivity index (χ2n) is 7.41. The van der Waals surface area contributed by atoms with Crippen molar-refractivity contribution < 1.29 is 9.26 Å². The molecule has 5 aromatic rings. The molecule has 0 saturated carbocycles. The Morgan fingerprint density at radius 2 is 1.66 bits per heavy atom. The van der Waals surface area contributed by atoms with Crippen molar-refractivity contribution in [3.63, 3.8) is 0 Å². The van der Waals surface area contributed by atoms with Crippen molar-refractivity contribution in [3.05, 3.63) is 94.6 Å². The average Bonchev–Trinajstić information content (AvgIpc) is 3.29. The number of hydrogen-bond donors (Lipinski definition) is 0. The number of aryl methyl sites for hydroxylation is 1. The number of aromatic nitrogens is 4. The number of rotatable bonds is 5. The number of hydrogen-bond acceptors (Lipinski definition) is 6. The monoisotopic (exact) mass is 424 g/mol. The topological polar surface area (TPSA) is 83.0 Å². The highest BCUT2D eigenvalue weighted by molar-refractivity contribution is 5.93. The fourth-order valence-corrected chi connectivity index (χ4v) is 3.68. The molecule has 0 N–H and O–H groups in total. The minimum Gasteiger partial charge on any atom is -0.497 e. The minimum atomic E-state index is -0.214. The Bertz CT molecular complexity index is 1470. The standard InChI is InChI=1S/C25H20N4O3/c1-16-7-3-4-8-19(16)24-26-22(32-28-24)15-29-25(30)21-10-6-5-9-20(21)23(27-29)17-11-13-18(31-2)14-12-17/h3-14H,15H2,1-2H3. The first-order valence-corrected chi connectivity index (χ1v) is 10.2. The number of nitrogens with zero attached hydrogens (tertiary/aromatic N) is 4. The van der Waals surface area contributed by atoms with Crippen LogP contribution >= 0.6 is 0 Å². The van der Waals surface area contributed by atoms with Crippen molar-refractivity contribution in [1.82, 2.24) is 19.9 Å². The zero-order valence-electron chi connectivity index (χ0n) is 17.6. The van der Waals surface area contributed by atoms with Gasteiger partial charge in [-0.3, -0.25) is 4.79 Å². The van der Waals surface area contributed by atoms with E-state index >= 15 is 0 Å². The van der Waals surface area contributed by atoms with Gasteiger partial charge in [-0.25, -0.2) is 4.68 Å². The summed E-state index contributed by atoms with van der Waals surface area (Å²) >= 11 is 0. The predicted octanol–water partition coefficient (Wildman–Crippen LogP) is 4.48. The van der Waals surface area contributed by atoms with Gasteiger partial charge in [-0.2, -0.15) is 10.1 Å². The van der Waals surface area contributed by atoms with E-state index in [1.165, 1.54) is 4.68 Å². The minimum absolute atomic E-state index is 0.0751. The smallest absolute Gasteiger partial charge is 0.275 e. The van der Waals surface area contributed by atoms with E-state index < -0.39 is 0 Å². The highest BCUT2D eigenvalue weighted by Crippen LogP contribution is 2.26. The summed E-state index contributed by atoms with van der Waals surface area (Å²) in [5.74, 6) is 1.55. The van der Waals surface area contributed by atoms with Crippen LogP contribution in [-0.4, -0.2) is 27.0 Å². The molecule has 0 radical (unpaired) electrons. The van der Waals surface area contributed by atoms with E-state index in [-0.39, 0.29) is 12.1 Å². The third-order valence-corrected chi connectivity index (χ3v) is 5.37. The molecule has 0 bridgehead atoms. The van der Waals surface area contributed by atoms with Crippen LogP contribution in [0.2, 0.25) is 0 Å². The first kappa shape index (κ1) is 19.7. The van der Waals surface area contributed by atoms with Gasteiger partial charge >= 0.3 is 0 Å². The van der Waals surface area contributed by atoms with Crippen LogP contribution < -0.4 is 10.3 Å². The zero-order valence-corrected chi connectivity index (χ0v) is 17.6. The molecule has 0 fully saturated rings. The van der Waals surface area contributed by atoms with Gasteiger partial charge in [0.15, 0.2) is 0 Å². The third kappa shape index (κ3) is 3.54. The molecule has 0 atom stereocenters. The molecule has 7 nitrogen and oxygen atoms in total. The SMILES string of the molecule is COc1ccc(-c2nn(Cc3nc(-c4ccccc4C)no3)c(=O)c3ccccc23)cc1. The second-order valence-corrected chi connectivity index (χ2v) is 7.41. The largest absolute Gasteiger partial charge is 0.497 e. The number of ether oxygens (including phenoxy) is 1. The molecule has 0 aliphatic heterocycles. The Labute approximate surface area is 183 Å². The van der Waals surface area contributed by atoms with E-state index in [1.807, 2.05) is 73.7 Å². The molecule has 0 amide bonds. The summed E-state index contributed by atoms with van der Waals surface area (Å²) in [5.41, 5.74) is 3.29. The van der Waals surface area contributed by atoms with E-state index in [1.54, 1.807) is 13.2 Å². The van der Waals surface area contributed by atoms with Crippen LogP contribution in [0, 0.1) is 6.92 Å². The first-order chi connectivity index (χ1) is 15.6. The van der Waals surface area contributed by atoms with Gasteiger partial charge in [-0.1, -0.05) is 47.6 Å². The summed E-state index contributed by atoms with van der Waals surface area (Å²) in [6.45, 7) is 2.06. The molecule has 32 heavy (non-hydrogen) atoms. The molecule has 2 heterocycles. The molecule has 0 spiro atoms. The van der Waals surface area contributed by atoms with Crippen LogP contribution in [0.25, 0.3) is 33.4 Å². The zero-order chi connectivity index (χ0) is 22.1. The Morgan fingerprint density at radius 1 is 0.938 bits per heavy atom. The van der Waals surface area contributed by atoms with Gasteiger partial charge in [-0.05, 0) is 42.8 Å². The molecule has 3 aromatic carbocycles. The Morgan fingerprint density at radius 3 is 2.41 bits per heavy atom. The van der Waals surface area contributed by atoms with E-state index in [9.17, 15) is 4.79 Å². The maximum atomic E-state index is 13.1. The van der Waals surface area contributed by atoms with Crippen molar-refractivity contribution in [2.45, 2.75) is 13.5 Å². The summed E-state index contributed by atoms with van der Waals surface area (Å²) in [6.07, 6.45) is 0. The average molecular weight is 424 g/mol. The molecule has 0 aliphatic rings. The van der Waals surface area contributed by atoms with Gasteiger partial charge in [0.05, 0.1) is 18.2 Å². The second kappa shape index (κ2) is 8.11. The van der Waals surface area contributed by atoms with Crippen LogP contribution in [0.3, 0.4) is 0 Å². The van der Waals surface area contributed by atoms with E-state index in [0.717, 1.165) is 27.8 Å². The van der Waals surface area contributed by atoms with Crippen molar-refractivity contribution in [1.29, 1.82) is 0 Å². The molecule has 0 aliphatic carbocycles. The molecule has 7 heteroatoms. The molecular formula is C25H20N4O3. The Balaban J connectivity index is 1.58. The summed E-state index contributed by atoms with van der Waals surface area (Å²) in [7, 11) is 1.62. The van der Waals surface area contributed by atoms with Crippen LogP contribution in [-0.2, 0) is 6.54 Å². The van der Waals surface area contributed by atoms with Gasteiger partial charge in [-0.15, -0.1) is 0 Å². The quantitative estimate of drug-likeness (QED) is 0.414. The summed E-state index contributed by atoms with van der Waals surface area (Å²) in [6, 6.07) is 22.8. The fraction of sp³-hybridized carbons (Fsp3) is 0.120. The lowest BCUT2D eigenvalue weighted by Gasteiger charge is -2.10.